The molecule has 2 aromatic carbocycles. The predicted octanol–water partition coefficient (Wildman–Crippen LogP) is 7.56. The van der Waals surface area contributed by atoms with Crippen LogP contribution in [0.3, 0.4) is 0 Å². The maximum Gasteiger partial charge on any atom is 0.356 e. The number of hydrogen-bond donors (Lipinski definition) is 1. The zero-order chi connectivity index (χ0) is 45.3. The number of carbonyl (C=O) groups excluding carboxylic acids is 2. The third-order valence-corrected chi connectivity index (χ3v) is 10.4. The molecule has 6 aromatic rings. The van der Waals surface area contributed by atoms with Crippen LogP contribution in [0.4, 0.5) is 8.78 Å². The van der Waals surface area contributed by atoms with Crippen LogP contribution in [-0.4, -0.2) is 101 Å². The lowest BCUT2D eigenvalue weighted by Gasteiger charge is -2.17. The SMILES string of the molecule is CC1(C)OC[C@@H](CO)O1.COC(=O)c1cc2c(CCl)cn(Cc3ccc(F)cc3)c2cn1.COC(=O)c1cc2c(COCC3COC(C)(C)O3)cn(Cc3ccc(F)cc3)c2cn1. The van der Waals surface area contributed by atoms with E-state index in [9.17, 15) is 18.4 Å². The van der Waals surface area contributed by atoms with Crippen molar-refractivity contribution >= 4 is 45.3 Å². The standard InChI is InChI=1S/C23H25FN2O5.C17H14ClFN2O2.C6H12O3/c1-23(2)30-14-18(31-23)13-29-12-16-11-26(10-15-4-6-17(24)7-5-15)21-9-25-20(8-19(16)21)22(27)28-3;1-23-17(22)15-6-14-12(7-18)10-21(16(14)8-20-15)9-11-2-4-13(19)5-3-11;1-6(2)8-4-5(3-7)9-6/h4-9,11,18H,10,12-14H2,1-3H3;2-6,8,10H,7,9H2,1H3;5,7H,3-4H2,1-2H3/t;;5-/m..1/s1. The monoisotopic (exact) mass is 892 g/mol. The highest BCUT2D eigenvalue weighted by atomic mass is 35.5. The van der Waals surface area contributed by atoms with E-state index >= 15 is 0 Å². The first-order chi connectivity index (χ1) is 30.1. The molecular formula is C46H51ClF2N4O10. The maximum absolute atomic E-state index is 13.3. The molecule has 4 aromatic heterocycles. The molecule has 1 N–H and O–H groups in total. The molecule has 2 saturated heterocycles. The number of benzene rings is 2. The molecule has 336 valence electrons. The number of pyridine rings is 2. The van der Waals surface area contributed by atoms with Gasteiger partial charge in [-0.25, -0.2) is 28.3 Å². The van der Waals surface area contributed by atoms with Crippen molar-refractivity contribution in [1.82, 2.24) is 19.1 Å². The van der Waals surface area contributed by atoms with Gasteiger partial charge in [-0.3, -0.25) is 0 Å². The van der Waals surface area contributed by atoms with Crippen LogP contribution in [0, 0.1) is 11.6 Å². The van der Waals surface area contributed by atoms with E-state index in [2.05, 4.69) is 9.97 Å². The molecule has 0 amide bonds. The van der Waals surface area contributed by atoms with Crippen LogP contribution in [-0.2, 0) is 58.7 Å². The highest BCUT2D eigenvalue weighted by molar-refractivity contribution is 6.18. The summed E-state index contributed by atoms with van der Waals surface area (Å²) in [5, 5.41) is 10.3. The van der Waals surface area contributed by atoms with Gasteiger partial charge < -0.3 is 47.4 Å². The fourth-order valence-corrected chi connectivity index (χ4v) is 7.22. The number of alkyl halides is 1. The lowest BCUT2D eigenvalue weighted by atomic mass is 10.2. The summed E-state index contributed by atoms with van der Waals surface area (Å²) in [4.78, 5) is 32.0. The quantitative estimate of drug-likeness (QED) is 0.0953. The van der Waals surface area contributed by atoms with Crippen molar-refractivity contribution in [3.8, 4) is 0 Å². The number of ether oxygens (including phenoxy) is 7. The first-order valence-electron chi connectivity index (χ1n) is 20.1. The minimum atomic E-state index is -0.597. The van der Waals surface area contributed by atoms with Crippen molar-refractivity contribution in [3.05, 3.63) is 131 Å². The lowest BCUT2D eigenvalue weighted by molar-refractivity contribution is -0.145. The Balaban J connectivity index is 0.000000180. The Kier molecular flexibility index (Phi) is 15.6. The largest absolute Gasteiger partial charge is 0.464 e. The molecular weight excluding hydrogens is 842 g/mol. The number of hydrogen-bond acceptors (Lipinski definition) is 12. The highest BCUT2D eigenvalue weighted by Crippen LogP contribution is 2.27. The van der Waals surface area contributed by atoms with E-state index in [1.807, 2.05) is 49.2 Å². The molecule has 2 fully saturated rings. The molecule has 8 rings (SSSR count). The Labute approximate surface area is 368 Å². The van der Waals surface area contributed by atoms with E-state index in [4.69, 9.17) is 49.9 Å². The van der Waals surface area contributed by atoms with Crippen LogP contribution in [0.2, 0.25) is 0 Å². The van der Waals surface area contributed by atoms with Crippen LogP contribution < -0.4 is 0 Å². The van der Waals surface area contributed by atoms with Crippen molar-refractivity contribution in [2.45, 2.75) is 77.1 Å². The van der Waals surface area contributed by atoms with Gasteiger partial charge in [0.15, 0.2) is 11.6 Å². The summed E-state index contributed by atoms with van der Waals surface area (Å²) in [6, 6.07) is 16.1. The second-order valence-corrected chi connectivity index (χ2v) is 16.0. The third-order valence-electron chi connectivity index (χ3n) is 10.1. The van der Waals surface area contributed by atoms with Crippen LogP contribution >= 0.6 is 11.6 Å². The van der Waals surface area contributed by atoms with Gasteiger partial charge in [0.25, 0.3) is 0 Å². The van der Waals surface area contributed by atoms with E-state index < -0.39 is 23.5 Å². The first kappa shape index (κ1) is 47.2. The number of esters is 2. The van der Waals surface area contributed by atoms with Crippen molar-refractivity contribution in [2.75, 3.05) is 40.6 Å². The van der Waals surface area contributed by atoms with Gasteiger partial charge in [-0.1, -0.05) is 24.3 Å². The van der Waals surface area contributed by atoms with Crippen LogP contribution in [0.15, 0.2) is 85.5 Å². The minimum absolute atomic E-state index is 0.0451. The topological polar surface area (TPSA) is 155 Å². The third kappa shape index (κ3) is 12.4. The van der Waals surface area contributed by atoms with Crippen molar-refractivity contribution in [1.29, 1.82) is 0 Å². The summed E-state index contributed by atoms with van der Waals surface area (Å²) in [6.45, 7) is 10.3. The van der Waals surface area contributed by atoms with Gasteiger partial charge in [-0.15, -0.1) is 11.6 Å². The second-order valence-electron chi connectivity index (χ2n) is 15.7. The van der Waals surface area contributed by atoms with Gasteiger partial charge in [0, 0.05) is 47.7 Å². The number of carbonyl (C=O) groups is 2. The number of rotatable bonds is 12. The Hall–Kier alpha value is -5.33. The Morgan fingerprint density at radius 2 is 1.19 bits per heavy atom. The number of aliphatic hydroxyl groups is 1. The molecule has 0 bridgehead atoms. The van der Waals surface area contributed by atoms with E-state index in [0.29, 0.717) is 45.4 Å². The molecule has 2 atom stereocenters. The molecule has 0 radical (unpaired) electrons. The highest BCUT2D eigenvalue weighted by Gasteiger charge is 2.33. The Bertz CT molecular complexity index is 2490. The fraction of sp³-hybridized carbons (Fsp3) is 0.391. The molecule has 63 heavy (non-hydrogen) atoms. The number of fused-ring (bicyclic) bond motifs is 2. The number of nitrogens with zero attached hydrogens (tertiary/aromatic N) is 4. The average molecular weight is 893 g/mol. The summed E-state index contributed by atoms with van der Waals surface area (Å²) < 4.78 is 67.4. The van der Waals surface area contributed by atoms with Crippen molar-refractivity contribution < 1.29 is 56.6 Å². The normalized spacial score (nSPS) is 17.5. The molecule has 2 aliphatic rings. The summed E-state index contributed by atoms with van der Waals surface area (Å²) in [7, 11) is 2.64. The molecule has 6 heterocycles. The van der Waals surface area contributed by atoms with Crippen molar-refractivity contribution in [2.24, 2.45) is 0 Å². The number of halogens is 3. The van der Waals surface area contributed by atoms with E-state index in [1.54, 1.807) is 48.8 Å². The van der Waals surface area contributed by atoms with Gasteiger partial charge >= 0.3 is 11.9 Å². The molecule has 17 heteroatoms. The van der Waals surface area contributed by atoms with Gasteiger partial charge in [0.05, 0.1) is 70.7 Å². The maximum atomic E-state index is 13.3. The second kappa shape index (κ2) is 20.9. The predicted molar refractivity (Wildman–Crippen MR) is 229 cm³/mol. The Morgan fingerprint density at radius 1 is 0.746 bits per heavy atom. The van der Waals surface area contributed by atoms with E-state index in [1.165, 1.54) is 38.5 Å². The van der Waals surface area contributed by atoms with E-state index in [0.717, 1.165) is 44.1 Å². The zero-order valence-electron chi connectivity index (χ0n) is 35.9. The number of aliphatic hydroxyl groups excluding tert-OH is 1. The number of methoxy groups -OCH3 is 2. The first-order valence-corrected chi connectivity index (χ1v) is 20.6. The summed E-state index contributed by atoms with van der Waals surface area (Å²) in [5.41, 5.74) is 5.88. The molecule has 0 spiro atoms. The summed E-state index contributed by atoms with van der Waals surface area (Å²) in [5.74, 6) is -2.30. The molecule has 0 saturated carbocycles. The molecule has 1 unspecified atom stereocenters. The minimum Gasteiger partial charge on any atom is -0.464 e. The Morgan fingerprint density at radius 3 is 1.59 bits per heavy atom. The zero-order valence-corrected chi connectivity index (χ0v) is 36.7. The fourth-order valence-electron chi connectivity index (χ4n) is 7.01. The average Bonchev–Trinajstić information content (AvgIpc) is 4.03. The smallest absolute Gasteiger partial charge is 0.356 e. The van der Waals surface area contributed by atoms with E-state index in [-0.39, 0.29) is 41.8 Å². The number of aromatic nitrogens is 4. The van der Waals surface area contributed by atoms with Crippen LogP contribution in [0.1, 0.15) is 70.9 Å². The lowest BCUT2D eigenvalue weighted by Crippen LogP contribution is -2.24. The van der Waals surface area contributed by atoms with Crippen molar-refractivity contribution in [3.63, 3.8) is 0 Å². The van der Waals surface area contributed by atoms with Gasteiger partial charge in [-0.05, 0) is 80.8 Å². The van der Waals surface area contributed by atoms with Gasteiger partial charge in [0.2, 0.25) is 0 Å². The van der Waals surface area contributed by atoms with Crippen LogP contribution in [0.25, 0.3) is 21.8 Å². The molecule has 0 aliphatic carbocycles. The van der Waals surface area contributed by atoms with Crippen LogP contribution in [0.5, 0.6) is 0 Å². The summed E-state index contributed by atoms with van der Waals surface area (Å²) in [6.07, 6.45) is 6.90. The summed E-state index contributed by atoms with van der Waals surface area (Å²) >= 11 is 6.01. The van der Waals surface area contributed by atoms with Gasteiger partial charge in [0.1, 0.15) is 35.2 Å². The molecule has 14 nitrogen and oxygen atoms in total. The molecule has 2 aliphatic heterocycles. The van der Waals surface area contributed by atoms with Gasteiger partial charge in [-0.2, -0.15) is 0 Å².